The van der Waals surface area contributed by atoms with E-state index in [1.54, 1.807) is 7.11 Å². The smallest absolute Gasteiger partial charge is 0.223 e. The second-order valence-corrected chi connectivity index (χ2v) is 6.74. The van der Waals surface area contributed by atoms with Gasteiger partial charge in [-0.05, 0) is 41.7 Å². The molecular weight excluding hydrogens is 341 g/mol. The summed E-state index contributed by atoms with van der Waals surface area (Å²) in [6.07, 6.45) is 3.62. The van der Waals surface area contributed by atoms with E-state index in [-0.39, 0.29) is 11.7 Å². The highest BCUT2D eigenvalue weighted by atomic mass is 19.1. The van der Waals surface area contributed by atoms with Crippen LogP contribution in [-0.2, 0) is 11.2 Å². The first-order valence-corrected chi connectivity index (χ1v) is 9.20. The molecule has 0 radical (unpaired) electrons. The molecule has 1 aliphatic carbocycles. The molecule has 1 aromatic heterocycles. The van der Waals surface area contributed by atoms with Crippen molar-refractivity contribution in [3.05, 3.63) is 77.2 Å². The van der Waals surface area contributed by atoms with Crippen LogP contribution in [0.4, 0.5) is 10.3 Å². The van der Waals surface area contributed by atoms with Gasteiger partial charge in [0.1, 0.15) is 5.82 Å². The first kappa shape index (κ1) is 17.6. The monoisotopic (exact) mass is 363 g/mol. The van der Waals surface area contributed by atoms with Crippen molar-refractivity contribution in [3.8, 4) is 11.3 Å². The highest BCUT2D eigenvalue weighted by Gasteiger charge is 2.27. The summed E-state index contributed by atoms with van der Waals surface area (Å²) in [5, 5.41) is 3.27. The molecule has 0 fully saturated rings. The van der Waals surface area contributed by atoms with Gasteiger partial charge < -0.3 is 10.1 Å². The molecule has 1 unspecified atom stereocenters. The van der Waals surface area contributed by atoms with Gasteiger partial charge in [0.2, 0.25) is 5.95 Å². The van der Waals surface area contributed by atoms with Crippen LogP contribution < -0.4 is 5.32 Å². The Balaban J connectivity index is 1.66. The quantitative estimate of drug-likeness (QED) is 0.659. The van der Waals surface area contributed by atoms with E-state index in [2.05, 4.69) is 22.4 Å². The molecule has 5 heteroatoms. The summed E-state index contributed by atoms with van der Waals surface area (Å²) in [6, 6.07) is 15.1. The van der Waals surface area contributed by atoms with Gasteiger partial charge in [-0.15, -0.1) is 0 Å². The zero-order chi connectivity index (χ0) is 18.6. The highest BCUT2D eigenvalue weighted by Crippen LogP contribution is 2.41. The summed E-state index contributed by atoms with van der Waals surface area (Å²) in [7, 11) is 1.70. The number of anilines is 1. The average molecular weight is 363 g/mol. The molecule has 0 amide bonds. The summed E-state index contributed by atoms with van der Waals surface area (Å²) in [5.74, 6) is 0.606. The Morgan fingerprint density at radius 3 is 2.78 bits per heavy atom. The number of halogens is 1. The fraction of sp³-hybridized carbons (Fsp3) is 0.273. The highest BCUT2D eigenvalue weighted by molar-refractivity contribution is 5.72. The van der Waals surface area contributed by atoms with Crippen LogP contribution in [0.25, 0.3) is 11.3 Å². The lowest BCUT2D eigenvalue weighted by Crippen LogP contribution is -2.16. The number of aromatic nitrogens is 2. The van der Waals surface area contributed by atoms with Crippen LogP contribution in [0, 0.1) is 5.82 Å². The van der Waals surface area contributed by atoms with Crippen LogP contribution in [0.2, 0.25) is 0 Å². The fourth-order valence-electron chi connectivity index (χ4n) is 3.63. The first-order valence-electron chi connectivity index (χ1n) is 9.20. The third kappa shape index (κ3) is 3.69. The van der Waals surface area contributed by atoms with Crippen LogP contribution in [-0.4, -0.2) is 30.2 Å². The van der Waals surface area contributed by atoms with E-state index in [9.17, 15) is 4.39 Å². The minimum absolute atomic E-state index is 0.179. The predicted octanol–water partition coefficient (Wildman–Crippen LogP) is 4.42. The lowest BCUT2D eigenvalue weighted by molar-refractivity contribution is 0.197. The van der Waals surface area contributed by atoms with E-state index in [1.165, 1.54) is 17.7 Å². The Bertz CT molecular complexity index is 927. The number of hydrogen-bond acceptors (Lipinski definition) is 4. The van der Waals surface area contributed by atoms with Crippen LogP contribution in [0.15, 0.2) is 54.7 Å². The molecule has 0 saturated heterocycles. The number of benzene rings is 2. The molecule has 0 spiro atoms. The van der Waals surface area contributed by atoms with Gasteiger partial charge in [0, 0.05) is 37.9 Å². The van der Waals surface area contributed by atoms with Gasteiger partial charge in [-0.2, -0.15) is 0 Å². The number of hydrogen-bond donors (Lipinski definition) is 1. The molecule has 0 saturated carbocycles. The van der Waals surface area contributed by atoms with E-state index in [4.69, 9.17) is 9.72 Å². The number of rotatable bonds is 6. The minimum Gasteiger partial charge on any atom is -0.385 e. The van der Waals surface area contributed by atoms with Gasteiger partial charge in [0.15, 0.2) is 0 Å². The van der Waals surface area contributed by atoms with Gasteiger partial charge in [0.05, 0.1) is 5.69 Å². The third-order valence-corrected chi connectivity index (χ3v) is 4.96. The average Bonchev–Trinajstić information content (AvgIpc) is 2.71. The second kappa shape index (κ2) is 7.84. The number of methoxy groups -OCH3 is 1. The van der Waals surface area contributed by atoms with Gasteiger partial charge in [-0.25, -0.2) is 14.4 Å². The Hall–Kier alpha value is -2.79. The molecule has 0 bridgehead atoms. The lowest BCUT2D eigenvalue weighted by atomic mass is 9.78. The van der Waals surface area contributed by atoms with Crippen molar-refractivity contribution < 1.29 is 9.13 Å². The van der Waals surface area contributed by atoms with E-state index < -0.39 is 0 Å². The molecule has 1 heterocycles. The molecule has 27 heavy (non-hydrogen) atoms. The van der Waals surface area contributed by atoms with E-state index in [1.807, 2.05) is 30.5 Å². The maximum absolute atomic E-state index is 13.3. The molecule has 2 aromatic carbocycles. The SMILES string of the molecule is COCCCNc1ncc2c(n1)-c1ccccc1C(c1ccc(F)cc1)C2. The molecular formula is C22H22FN3O. The standard InChI is InChI=1S/C22H22FN3O/c1-27-12-4-11-24-22-25-14-16-13-20(15-7-9-17(23)10-8-15)18-5-2-3-6-19(18)21(16)26-22/h2-3,5-10,14,20H,4,11-13H2,1H3,(H,24,25,26). The Labute approximate surface area is 158 Å². The van der Waals surface area contributed by atoms with Crippen LogP contribution in [0.5, 0.6) is 0 Å². The maximum atomic E-state index is 13.3. The Morgan fingerprint density at radius 1 is 1.15 bits per heavy atom. The molecule has 0 aliphatic heterocycles. The van der Waals surface area contributed by atoms with Crippen molar-refractivity contribution in [1.82, 2.24) is 9.97 Å². The number of nitrogens with one attached hydrogen (secondary N) is 1. The summed E-state index contributed by atoms with van der Waals surface area (Å²) in [4.78, 5) is 9.25. The topological polar surface area (TPSA) is 47.0 Å². The molecule has 1 atom stereocenters. The second-order valence-electron chi connectivity index (χ2n) is 6.74. The fourth-order valence-corrected chi connectivity index (χ4v) is 3.63. The van der Waals surface area contributed by atoms with Gasteiger partial charge in [0.25, 0.3) is 0 Å². The maximum Gasteiger partial charge on any atom is 0.223 e. The third-order valence-electron chi connectivity index (χ3n) is 4.96. The predicted molar refractivity (Wildman–Crippen MR) is 104 cm³/mol. The molecule has 1 N–H and O–H groups in total. The van der Waals surface area contributed by atoms with Crippen molar-refractivity contribution in [2.24, 2.45) is 0 Å². The van der Waals surface area contributed by atoms with Crippen molar-refractivity contribution >= 4 is 5.95 Å². The zero-order valence-corrected chi connectivity index (χ0v) is 15.3. The van der Waals surface area contributed by atoms with Crippen LogP contribution in [0.1, 0.15) is 29.0 Å². The first-order chi connectivity index (χ1) is 13.3. The van der Waals surface area contributed by atoms with Crippen LogP contribution >= 0.6 is 0 Å². The van der Waals surface area contributed by atoms with Gasteiger partial charge >= 0.3 is 0 Å². The Morgan fingerprint density at radius 2 is 1.96 bits per heavy atom. The number of ether oxygens (including phenoxy) is 1. The molecule has 3 aromatic rings. The normalized spacial score (nSPS) is 15.1. The molecule has 1 aliphatic rings. The summed E-state index contributed by atoms with van der Waals surface area (Å²) in [6.45, 7) is 1.48. The molecule has 138 valence electrons. The summed E-state index contributed by atoms with van der Waals surface area (Å²) in [5.41, 5.74) is 5.55. The number of nitrogens with zero attached hydrogens (tertiary/aromatic N) is 2. The van der Waals surface area contributed by atoms with Crippen molar-refractivity contribution in [2.45, 2.75) is 18.8 Å². The van der Waals surface area contributed by atoms with Crippen molar-refractivity contribution in [1.29, 1.82) is 0 Å². The van der Waals surface area contributed by atoms with E-state index in [0.29, 0.717) is 12.6 Å². The molecule has 4 rings (SSSR count). The Kier molecular flexibility index (Phi) is 5.12. The van der Waals surface area contributed by atoms with Gasteiger partial charge in [-0.1, -0.05) is 36.4 Å². The largest absolute Gasteiger partial charge is 0.385 e. The lowest BCUT2D eigenvalue weighted by Gasteiger charge is -2.27. The van der Waals surface area contributed by atoms with Crippen molar-refractivity contribution in [3.63, 3.8) is 0 Å². The summed E-state index contributed by atoms with van der Waals surface area (Å²) >= 11 is 0. The van der Waals surface area contributed by atoms with Crippen molar-refractivity contribution in [2.75, 3.05) is 25.6 Å². The van der Waals surface area contributed by atoms with E-state index in [0.717, 1.165) is 41.8 Å². The molecule has 4 nitrogen and oxygen atoms in total. The van der Waals surface area contributed by atoms with Gasteiger partial charge in [-0.3, -0.25) is 0 Å². The number of fused-ring (bicyclic) bond motifs is 3. The van der Waals surface area contributed by atoms with Crippen LogP contribution in [0.3, 0.4) is 0 Å². The zero-order valence-electron chi connectivity index (χ0n) is 15.3. The summed E-state index contributed by atoms with van der Waals surface area (Å²) < 4.78 is 18.4. The minimum atomic E-state index is -0.212. The van der Waals surface area contributed by atoms with E-state index >= 15 is 0 Å².